The minimum absolute atomic E-state index is 0.0614. The third kappa shape index (κ3) is 3.40. The van der Waals surface area contributed by atoms with E-state index < -0.39 is 11.9 Å². The quantitative estimate of drug-likeness (QED) is 0.450. The summed E-state index contributed by atoms with van der Waals surface area (Å²) in [6.07, 6.45) is 0. The van der Waals surface area contributed by atoms with Crippen LogP contribution in [0.4, 0.5) is 0 Å². The van der Waals surface area contributed by atoms with Gasteiger partial charge < -0.3 is 17.2 Å². The minimum Gasteiger partial charge on any atom is -0.386 e. The van der Waals surface area contributed by atoms with Gasteiger partial charge in [-0.25, -0.2) is 0 Å². The number of carbonyl (C=O) groups is 1. The number of hydrogen-bond acceptors (Lipinski definition) is 3. The number of nitrogens with zero attached hydrogens (tertiary/aromatic N) is 1. The molecule has 15 heavy (non-hydrogen) atoms. The lowest BCUT2D eigenvalue weighted by atomic mass is 10.2. The Hall–Kier alpha value is -1.88. The molecule has 0 saturated carbocycles. The highest BCUT2D eigenvalue weighted by Crippen LogP contribution is 2.00. The molecule has 0 aliphatic carbocycles. The van der Waals surface area contributed by atoms with Crippen molar-refractivity contribution in [3.05, 3.63) is 35.9 Å². The zero-order valence-electron chi connectivity index (χ0n) is 8.26. The monoisotopic (exact) mass is 206 g/mol. The molecule has 0 spiro atoms. The number of amides is 1. The number of amidine groups is 1. The van der Waals surface area contributed by atoms with Gasteiger partial charge in [0.25, 0.3) is 0 Å². The maximum atomic E-state index is 10.7. The third-order valence-electron chi connectivity index (χ3n) is 1.91. The normalized spacial score (nSPS) is 13.5. The molecule has 0 aliphatic heterocycles. The number of hydrogen-bond donors (Lipinski definition) is 3. The molecule has 1 aromatic rings. The molecule has 0 radical (unpaired) electrons. The molecule has 0 saturated heterocycles. The van der Waals surface area contributed by atoms with Crippen molar-refractivity contribution in [1.82, 2.24) is 0 Å². The Morgan fingerprint density at radius 2 is 1.87 bits per heavy atom. The number of benzene rings is 1. The van der Waals surface area contributed by atoms with Crippen molar-refractivity contribution in [3.8, 4) is 0 Å². The van der Waals surface area contributed by atoms with Gasteiger partial charge in [-0.1, -0.05) is 30.3 Å². The average molecular weight is 206 g/mol. The summed E-state index contributed by atoms with van der Waals surface area (Å²) >= 11 is 0. The van der Waals surface area contributed by atoms with E-state index in [2.05, 4.69) is 4.99 Å². The van der Waals surface area contributed by atoms with Crippen LogP contribution in [0.2, 0.25) is 0 Å². The van der Waals surface area contributed by atoms with Crippen molar-refractivity contribution < 1.29 is 4.79 Å². The van der Waals surface area contributed by atoms with E-state index in [0.717, 1.165) is 5.56 Å². The molecule has 0 aliphatic rings. The van der Waals surface area contributed by atoms with Crippen LogP contribution in [-0.4, -0.2) is 17.8 Å². The van der Waals surface area contributed by atoms with E-state index in [9.17, 15) is 4.79 Å². The Morgan fingerprint density at radius 1 is 1.27 bits per heavy atom. The Labute approximate surface area is 88.0 Å². The second-order valence-electron chi connectivity index (χ2n) is 3.11. The van der Waals surface area contributed by atoms with E-state index in [-0.39, 0.29) is 5.84 Å². The fraction of sp³-hybridized carbons (Fsp3) is 0.200. The summed E-state index contributed by atoms with van der Waals surface area (Å²) in [7, 11) is 0. The number of nitrogens with two attached hydrogens (primary N) is 3. The topological polar surface area (TPSA) is 107 Å². The van der Waals surface area contributed by atoms with E-state index >= 15 is 0 Å². The maximum Gasteiger partial charge on any atom is 0.242 e. The maximum absolute atomic E-state index is 10.7. The fourth-order valence-corrected chi connectivity index (χ4v) is 1.01. The van der Waals surface area contributed by atoms with Gasteiger partial charge in [0.2, 0.25) is 5.91 Å². The molecule has 0 bridgehead atoms. The molecule has 1 amide bonds. The summed E-state index contributed by atoms with van der Waals surface area (Å²) in [6, 6.07) is 8.52. The molecular weight excluding hydrogens is 192 g/mol. The number of rotatable bonds is 4. The summed E-state index contributed by atoms with van der Waals surface area (Å²) < 4.78 is 0. The highest BCUT2D eigenvalue weighted by Gasteiger charge is 2.12. The SMILES string of the molecule is NC(=O)C(N)C(N)=NCc1ccccc1. The number of primary amides is 1. The highest BCUT2D eigenvalue weighted by molar-refractivity contribution is 6.05. The summed E-state index contributed by atoms with van der Waals surface area (Å²) in [5.74, 6) is -0.615. The molecule has 1 unspecified atom stereocenters. The molecular formula is C10H14N4O. The molecule has 5 nitrogen and oxygen atoms in total. The second kappa shape index (κ2) is 5.11. The number of carbonyl (C=O) groups excluding carboxylic acids is 1. The van der Waals surface area contributed by atoms with Crippen molar-refractivity contribution in [2.24, 2.45) is 22.2 Å². The molecule has 0 aromatic heterocycles. The standard InChI is InChI=1S/C10H14N4O/c11-8(10(13)15)9(12)14-6-7-4-2-1-3-5-7/h1-5,8H,6,11H2,(H2,12,14)(H2,13,15). The van der Waals surface area contributed by atoms with Gasteiger partial charge in [0.05, 0.1) is 6.54 Å². The predicted octanol–water partition coefficient (Wildman–Crippen LogP) is -0.644. The Morgan fingerprint density at radius 3 is 2.40 bits per heavy atom. The molecule has 80 valence electrons. The van der Waals surface area contributed by atoms with Crippen LogP contribution in [0.15, 0.2) is 35.3 Å². The molecule has 5 heteroatoms. The zero-order valence-corrected chi connectivity index (χ0v) is 8.26. The molecule has 6 N–H and O–H groups in total. The van der Waals surface area contributed by atoms with Crippen LogP contribution in [0.1, 0.15) is 5.56 Å². The summed E-state index contributed by atoms with van der Waals surface area (Å²) in [5.41, 5.74) is 16.9. The van der Waals surface area contributed by atoms with E-state index in [4.69, 9.17) is 17.2 Å². The number of aliphatic imine (C=N–C) groups is 1. The first-order valence-corrected chi connectivity index (χ1v) is 4.50. The smallest absolute Gasteiger partial charge is 0.242 e. The summed E-state index contributed by atoms with van der Waals surface area (Å²) in [6.45, 7) is 0.396. The molecule has 1 atom stereocenters. The van der Waals surface area contributed by atoms with Crippen LogP contribution in [-0.2, 0) is 11.3 Å². The first-order valence-electron chi connectivity index (χ1n) is 4.50. The highest BCUT2D eigenvalue weighted by atomic mass is 16.1. The van der Waals surface area contributed by atoms with Crippen LogP contribution in [0.3, 0.4) is 0 Å². The molecule has 0 fully saturated rings. The van der Waals surface area contributed by atoms with Gasteiger partial charge in [-0.2, -0.15) is 0 Å². The van der Waals surface area contributed by atoms with Gasteiger partial charge in [0, 0.05) is 0 Å². The Bertz CT molecular complexity index is 361. The van der Waals surface area contributed by atoms with E-state index in [1.165, 1.54) is 0 Å². The van der Waals surface area contributed by atoms with Crippen molar-refractivity contribution in [1.29, 1.82) is 0 Å². The summed E-state index contributed by atoms with van der Waals surface area (Å²) in [4.78, 5) is 14.7. The van der Waals surface area contributed by atoms with E-state index in [1.807, 2.05) is 30.3 Å². The van der Waals surface area contributed by atoms with Crippen molar-refractivity contribution in [2.75, 3.05) is 0 Å². The molecule has 0 heterocycles. The predicted molar refractivity (Wildman–Crippen MR) is 58.9 cm³/mol. The largest absolute Gasteiger partial charge is 0.386 e. The lowest BCUT2D eigenvalue weighted by Gasteiger charge is -2.06. The van der Waals surface area contributed by atoms with E-state index in [0.29, 0.717) is 6.54 Å². The van der Waals surface area contributed by atoms with Gasteiger partial charge in [-0.15, -0.1) is 0 Å². The van der Waals surface area contributed by atoms with Crippen LogP contribution >= 0.6 is 0 Å². The minimum atomic E-state index is -1.01. The van der Waals surface area contributed by atoms with Gasteiger partial charge in [-0.05, 0) is 5.56 Å². The zero-order chi connectivity index (χ0) is 11.3. The van der Waals surface area contributed by atoms with Gasteiger partial charge in [-0.3, -0.25) is 9.79 Å². The lowest BCUT2D eigenvalue weighted by Crippen LogP contribution is -2.47. The van der Waals surface area contributed by atoms with Crippen LogP contribution < -0.4 is 17.2 Å². The van der Waals surface area contributed by atoms with E-state index in [1.54, 1.807) is 0 Å². The first kappa shape index (κ1) is 11.2. The molecule has 1 aromatic carbocycles. The lowest BCUT2D eigenvalue weighted by molar-refractivity contribution is -0.117. The van der Waals surface area contributed by atoms with Gasteiger partial charge in [0.1, 0.15) is 11.9 Å². The molecule has 1 rings (SSSR count). The fourth-order valence-electron chi connectivity index (χ4n) is 1.01. The first-order chi connectivity index (χ1) is 7.11. The van der Waals surface area contributed by atoms with Gasteiger partial charge in [0.15, 0.2) is 0 Å². The average Bonchev–Trinajstić information content (AvgIpc) is 2.26. The van der Waals surface area contributed by atoms with Crippen LogP contribution in [0, 0.1) is 0 Å². The van der Waals surface area contributed by atoms with Crippen molar-refractivity contribution in [3.63, 3.8) is 0 Å². The summed E-state index contributed by atoms with van der Waals surface area (Å²) in [5, 5.41) is 0. The Kier molecular flexibility index (Phi) is 3.82. The van der Waals surface area contributed by atoms with Crippen molar-refractivity contribution in [2.45, 2.75) is 12.6 Å². The van der Waals surface area contributed by atoms with Gasteiger partial charge >= 0.3 is 0 Å². The third-order valence-corrected chi connectivity index (χ3v) is 1.91. The Balaban J connectivity index is 2.62. The second-order valence-corrected chi connectivity index (χ2v) is 3.11. The van der Waals surface area contributed by atoms with Crippen LogP contribution in [0.5, 0.6) is 0 Å². The van der Waals surface area contributed by atoms with Crippen LogP contribution in [0.25, 0.3) is 0 Å². The van der Waals surface area contributed by atoms with Crippen molar-refractivity contribution >= 4 is 11.7 Å².